The Morgan fingerprint density at radius 2 is 1.17 bits per heavy atom. The zero-order valence-corrected chi connectivity index (χ0v) is 16.6. The highest BCUT2D eigenvalue weighted by atomic mass is 16.5. The van der Waals surface area contributed by atoms with Gasteiger partial charge >= 0.3 is 0 Å². The largest absolute Gasteiger partial charge is 0.394 e. The summed E-state index contributed by atoms with van der Waals surface area (Å²) >= 11 is 0. The molecule has 0 amide bonds. The number of aliphatic hydroxyl groups is 2. The SMILES string of the molecule is CCC(C)CCCCCCCCCCCC(C)COCC(O)CO. The van der Waals surface area contributed by atoms with Crippen molar-refractivity contribution in [3.8, 4) is 0 Å². The molecule has 146 valence electrons. The third kappa shape index (κ3) is 16.7. The molecule has 0 fully saturated rings. The molecular formula is C21H44O3. The minimum absolute atomic E-state index is 0.216. The Kier molecular flexibility index (Phi) is 17.6. The van der Waals surface area contributed by atoms with Crippen LogP contribution in [0.3, 0.4) is 0 Å². The average Bonchev–Trinajstić information content (AvgIpc) is 2.59. The Morgan fingerprint density at radius 1 is 0.708 bits per heavy atom. The summed E-state index contributed by atoms with van der Waals surface area (Å²) in [6.45, 7) is 7.58. The third-order valence-electron chi connectivity index (χ3n) is 5.01. The molecule has 0 heterocycles. The second-order valence-corrected chi connectivity index (χ2v) is 7.75. The molecule has 3 atom stereocenters. The molecule has 0 rings (SSSR count). The van der Waals surface area contributed by atoms with Gasteiger partial charge in [0, 0.05) is 6.61 Å². The van der Waals surface area contributed by atoms with Gasteiger partial charge in [0.25, 0.3) is 0 Å². The predicted molar refractivity (Wildman–Crippen MR) is 103 cm³/mol. The fraction of sp³-hybridized carbons (Fsp3) is 1.00. The summed E-state index contributed by atoms with van der Waals surface area (Å²) in [6, 6.07) is 0. The van der Waals surface area contributed by atoms with E-state index in [1.54, 1.807) is 0 Å². The molecule has 0 aromatic heterocycles. The predicted octanol–water partition coefficient (Wildman–Crippen LogP) is 5.33. The Balaban J connectivity index is 3.19. The Hall–Kier alpha value is -0.120. The second kappa shape index (κ2) is 17.7. The maximum Gasteiger partial charge on any atom is 0.100 e. The molecule has 0 aliphatic carbocycles. The number of rotatable bonds is 18. The van der Waals surface area contributed by atoms with Crippen molar-refractivity contribution in [2.24, 2.45) is 11.8 Å². The van der Waals surface area contributed by atoms with Gasteiger partial charge in [-0.1, -0.05) is 91.4 Å². The van der Waals surface area contributed by atoms with Crippen molar-refractivity contribution in [2.45, 2.75) is 104 Å². The summed E-state index contributed by atoms with van der Waals surface area (Å²) in [5.41, 5.74) is 0. The van der Waals surface area contributed by atoms with Gasteiger partial charge < -0.3 is 14.9 Å². The summed E-state index contributed by atoms with van der Waals surface area (Å²) < 4.78 is 5.40. The lowest BCUT2D eigenvalue weighted by Gasteiger charge is -2.13. The fourth-order valence-electron chi connectivity index (χ4n) is 2.97. The summed E-state index contributed by atoms with van der Waals surface area (Å²) in [6.07, 6.45) is 15.7. The number of aliphatic hydroxyl groups excluding tert-OH is 2. The van der Waals surface area contributed by atoms with Crippen molar-refractivity contribution in [1.29, 1.82) is 0 Å². The molecule has 0 aromatic rings. The zero-order chi connectivity index (χ0) is 18.0. The van der Waals surface area contributed by atoms with E-state index in [1.807, 2.05) is 0 Å². The summed E-state index contributed by atoms with van der Waals surface area (Å²) in [4.78, 5) is 0. The standard InChI is InChI=1S/C21H44O3/c1-4-19(2)14-12-10-8-6-5-7-9-11-13-15-20(3)17-24-18-21(23)16-22/h19-23H,4-18H2,1-3H3. The van der Waals surface area contributed by atoms with Crippen LogP contribution in [-0.4, -0.2) is 36.1 Å². The third-order valence-corrected chi connectivity index (χ3v) is 5.01. The summed E-state index contributed by atoms with van der Waals surface area (Å²) in [5, 5.41) is 17.9. The topological polar surface area (TPSA) is 49.7 Å². The maximum absolute atomic E-state index is 9.20. The molecule has 3 heteroatoms. The van der Waals surface area contributed by atoms with Gasteiger partial charge in [-0.2, -0.15) is 0 Å². The monoisotopic (exact) mass is 344 g/mol. The number of unbranched alkanes of at least 4 members (excludes halogenated alkanes) is 8. The van der Waals surface area contributed by atoms with Crippen molar-refractivity contribution in [3.05, 3.63) is 0 Å². The summed E-state index contributed by atoms with van der Waals surface area (Å²) in [7, 11) is 0. The van der Waals surface area contributed by atoms with E-state index < -0.39 is 6.10 Å². The lowest BCUT2D eigenvalue weighted by molar-refractivity contribution is -0.00382. The highest BCUT2D eigenvalue weighted by molar-refractivity contribution is 4.56. The lowest BCUT2D eigenvalue weighted by Crippen LogP contribution is -2.21. The molecular weight excluding hydrogens is 300 g/mol. The van der Waals surface area contributed by atoms with Crippen LogP contribution in [0, 0.1) is 11.8 Å². The van der Waals surface area contributed by atoms with E-state index in [9.17, 15) is 5.11 Å². The zero-order valence-electron chi connectivity index (χ0n) is 16.6. The molecule has 0 radical (unpaired) electrons. The number of hydrogen-bond donors (Lipinski definition) is 2. The van der Waals surface area contributed by atoms with E-state index in [2.05, 4.69) is 20.8 Å². The van der Waals surface area contributed by atoms with Gasteiger partial charge in [-0.15, -0.1) is 0 Å². The van der Waals surface area contributed by atoms with Crippen LogP contribution in [0.2, 0.25) is 0 Å². The lowest BCUT2D eigenvalue weighted by atomic mass is 9.99. The quantitative estimate of drug-likeness (QED) is 0.330. The van der Waals surface area contributed by atoms with E-state index >= 15 is 0 Å². The molecule has 0 spiro atoms. The van der Waals surface area contributed by atoms with Crippen molar-refractivity contribution in [1.82, 2.24) is 0 Å². The van der Waals surface area contributed by atoms with Gasteiger partial charge in [-0.25, -0.2) is 0 Å². The van der Waals surface area contributed by atoms with Gasteiger partial charge in [0.15, 0.2) is 0 Å². The van der Waals surface area contributed by atoms with E-state index in [-0.39, 0.29) is 13.2 Å². The molecule has 3 unspecified atom stereocenters. The van der Waals surface area contributed by atoms with E-state index in [4.69, 9.17) is 9.84 Å². The Morgan fingerprint density at radius 3 is 1.62 bits per heavy atom. The average molecular weight is 345 g/mol. The second-order valence-electron chi connectivity index (χ2n) is 7.75. The molecule has 0 aromatic carbocycles. The molecule has 24 heavy (non-hydrogen) atoms. The molecule has 0 aliphatic rings. The van der Waals surface area contributed by atoms with Gasteiger partial charge in [0.05, 0.1) is 13.2 Å². The summed E-state index contributed by atoms with van der Waals surface area (Å²) in [5.74, 6) is 1.46. The first-order chi connectivity index (χ1) is 11.6. The van der Waals surface area contributed by atoms with Crippen molar-refractivity contribution in [2.75, 3.05) is 19.8 Å². The van der Waals surface area contributed by atoms with Crippen LogP contribution in [0.4, 0.5) is 0 Å². The van der Waals surface area contributed by atoms with Gasteiger partial charge in [0.2, 0.25) is 0 Å². The number of ether oxygens (including phenoxy) is 1. The first kappa shape index (κ1) is 23.9. The van der Waals surface area contributed by atoms with Crippen molar-refractivity contribution in [3.63, 3.8) is 0 Å². The van der Waals surface area contributed by atoms with E-state index in [0.717, 1.165) is 5.92 Å². The highest BCUT2D eigenvalue weighted by Gasteiger charge is 2.05. The Bertz CT molecular complexity index is 245. The minimum Gasteiger partial charge on any atom is -0.394 e. The van der Waals surface area contributed by atoms with Crippen LogP contribution in [-0.2, 0) is 4.74 Å². The molecule has 2 N–H and O–H groups in total. The van der Waals surface area contributed by atoms with Gasteiger partial charge in [-0.3, -0.25) is 0 Å². The maximum atomic E-state index is 9.20. The fourth-order valence-corrected chi connectivity index (χ4v) is 2.97. The molecule has 3 nitrogen and oxygen atoms in total. The Labute approximate surface area is 151 Å². The molecule has 0 saturated heterocycles. The molecule has 0 aliphatic heterocycles. The first-order valence-electron chi connectivity index (χ1n) is 10.5. The van der Waals surface area contributed by atoms with Crippen LogP contribution >= 0.6 is 0 Å². The van der Waals surface area contributed by atoms with Crippen molar-refractivity contribution < 1.29 is 14.9 Å². The van der Waals surface area contributed by atoms with Crippen LogP contribution in [0.15, 0.2) is 0 Å². The van der Waals surface area contributed by atoms with Crippen LogP contribution in [0.25, 0.3) is 0 Å². The normalized spacial score (nSPS) is 15.4. The van der Waals surface area contributed by atoms with Crippen molar-refractivity contribution >= 4 is 0 Å². The van der Waals surface area contributed by atoms with E-state index in [0.29, 0.717) is 12.5 Å². The van der Waals surface area contributed by atoms with Gasteiger partial charge in [-0.05, 0) is 18.3 Å². The van der Waals surface area contributed by atoms with Crippen LogP contribution in [0.1, 0.15) is 97.8 Å². The number of hydrogen-bond acceptors (Lipinski definition) is 3. The molecule has 0 bridgehead atoms. The van der Waals surface area contributed by atoms with E-state index in [1.165, 1.54) is 77.0 Å². The molecule has 0 saturated carbocycles. The van der Waals surface area contributed by atoms with Crippen LogP contribution < -0.4 is 0 Å². The van der Waals surface area contributed by atoms with Gasteiger partial charge in [0.1, 0.15) is 6.10 Å². The van der Waals surface area contributed by atoms with Crippen LogP contribution in [0.5, 0.6) is 0 Å². The smallest absolute Gasteiger partial charge is 0.100 e. The highest BCUT2D eigenvalue weighted by Crippen LogP contribution is 2.16. The first-order valence-corrected chi connectivity index (χ1v) is 10.5. The minimum atomic E-state index is -0.729.